The van der Waals surface area contributed by atoms with Crippen LogP contribution in [0.15, 0.2) is 18.4 Å². The second-order valence-corrected chi connectivity index (χ2v) is 4.04. The maximum Gasteiger partial charge on any atom is 0.0399 e. The lowest BCUT2D eigenvalue weighted by Gasteiger charge is -2.00. The predicted molar refractivity (Wildman–Crippen MR) is 54.1 cm³/mol. The lowest BCUT2D eigenvalue weighted by molar-refractivity contribution is 0.751. The van der Waals surface area contributed by atoms with Crippen LogP contribution in [0, 0.1) is 0 Å². The molecule has 0 aromatic carbocycles. The molecular formula is C8H12Br2. The maximum atomic E-state index is 3.51. The largest absolute Gasteiger partial charge is 0.132 e. The van der Waals surface area contributed by atoms with Gasteiger partial charge in [-0.05, 0) is 18.9 Å². The van der Waals surface area contributed by atoms with E-state index in [2.05, 4.69) is 44.2 Å². The third kappa shape index (κ3) is 6.60. The molecule has 0 aliphatic heterocycles. The summed E-state index contributed by atoms with van der Waals surface area (Å²) in [6.07, 6.45) is 5.62. The van der Waals surface area contributed by atoms with Gasteiger partial charge in [-0.25, -0.2) is 0 Å². The number of rotatable bonds is 5. The van der Waals surface area contributed by atoms with Crippen LogP contribution < -0.4 is 0 Å². The molecule has 0 amide bonds. The zero-order chi connectivity index (χ0) is 7.82. The minimum Gasteiger partial charge on any atom is -0.132 e. The van der Waals surface area contributed by atoms with Crippen molar-refractivity contribution in [2.24, 2.45) is 0 Å². The topological polar surface area (TPSA) is 0 Å². The Balaban J connectivity index is 3.21. The fourth-order valence-corrected chi connectivity index (χ4v) is 1.55. The molecule has 1 unspecified atom stereocenters. The van der Waals surface area contributed by atoms with Crippen LogP contribution >= 0.6 is 31.9 Å². The Hall–Kier alpha value is 0.480. The third-order valence-corrected chi connectivity index (χ3v) is 2.45. The molecule has 0 aromatic heterocycles. The first-order valence-electron chi connectivity index (χ1n) is 3.37. The fourth-order valence-electron chi connectivity index (χ4n) is 0.645. The summed E-state index contributed by atoms with van der Waals surface area (Å²) in [7, 11) is 0. The average molecular weight is 268 g/mol. The van der Waals surface area contributed by atoms with Crippen LogP contribution in [-0.2, 0) is 0 Å². The van der Waals surface area contributed by atoms with E-state index in [4.69, 9.17) is 0 Å². The van der Waals surface area contributed by atoms with Gasteiger partial charge in [-0.3, -0.25) is 0 Å². The van der Waals surface area contributed by atoms with Crippen molar-refractivity contribution in [2.45, 2.75) is 24.1 Å². The van der Waals surface area contributed by atoms with Gasteiger partial charge in [0.2, 0.25) is 0 Å². The summed E-state index contributed by atoms with van der Waals surface area (Å²) >= 11 is 6.88. The zero-order valence-electron chi connectivity index (χ0n) is 5.95. The van der Waals surface area contributed by atoms with Crippen molar-refractivity contribution >= 4 is 31.9 Å². The number of hydrogen-bond acceptors (Lipinski definition) is 0. The van der Waals surface area contributed by atoms with Gasteiger partial charge in [0.1, 0.15) is 0 Å². The van der Waals surface area contributed by atoms with Gasteiger partial charge >= 0.3 is 0 Å². The van der Waals surface area contributed by atoms with Crippen molar-refractivity contribution < 1.29 is 0 Å². The zero-order valence-corrected chi connectivity index (χ0v) is 9.12. The van der Waals surface area contributed by atoms with Gasteiger partial charge in [0.15, 0.2) is 0 Å². The van der Waals surface area contributed by atoms with E-state index in [1.807, 2.05) is 6.08 Å². The molecule has 0 fully saturated rings. The molecule has 0 saturated carbocycles. The SMILES string of the molecule is C=C=CC(Br)CCCCBr. The molecule has 0 spiro atoms. The standard InChI is InChI=1S/C8H12Br2/c1-2-5-8(10)6-3-4-7-9/h5,8H,1,3-4,6-7H2. The molecule has 0 N–H and O–H groups in total. The first kappa shape index (κ1) is 10.5. The van der Waals surface area contributed by atoms with Gasteiger partial charge in [0.25, 0.3) is 0 Å². The summed E-state index contributed by atoms with van der Waals surface area (Å²) in [5.74, 6) is 0. The highest BCUT2D eigenvalue weighted by Crippen LogP contribution is 2.11. The second-order valence-electron chi connectivity index (χ2n) is 2.07. The van der Waals surface area contributed by atoms with E-state index in [1.165, 1.54) is 19.3 Å². The summed E-state index contributed by atoms with van der Waals surface area (Å²) < 4.78 is 0. The lowest BCUT2D eigenvalue weighted by atomic mass is 10.2. The molecule has 0 aliphatic rings. The van der Waals surface area contributed by atoms with Gasteiger partial charge in [-0.2, -0.15) is 0 Å². The van der Waals surface area contributed by atoms with Gasteiger partial charge < -0.3 is 0 Å². The first-order valence-corrected chi connectivity index (χ1v) is 5.41. The highest BCUT2D eigenvalue weighted by molar-refractivity contribution is 9.09. The number of alkyl halides is 2. The normalized spacial score (nSPS) is 12.2. The van der Waals surface area contributed by atoms with Crippen LogP contribution in [0.4, 0.5) is 0 Å². The Morgan fingerprint density at radius 2 is 2.20 bits per heavy atom. The molecule has 0 saturated heterocycles. The van der Waals surface area contributed by atoms with E-state index in [-0.39, 0.29) is 0 Å². The van der Waals surface area contributed by atoms with E-state index in [9.17, 15) is 0 Å². The number of hydrogen-bond donors (Lipinski definition) is 0. The maximum absolute atomic E-state index is 3.51. The number of allylic oxidation sites excluding steroid dienone is 1. The molecule has 2 heteroatoms. The number of unbranched alkanes of at least 4 members (excludes halogenated alkanes) is 1. The molecule has 0 nitrogen and oxygen atoms in total. The van der Waals surface area contributed by atoms with Gasteiger partial charge in [0, 0.05) is 10.2 Å². The molecule has 0 heterocycles. The van der Waals surface area contributed by atoms with Crippen molar-refractivity contribution in [1.82, 2.24) is 0 Å². The summed E-state index contributed by atoms with van der Waals surface area (Å²) in [5, 5.41) is 1.10. The molecule has 0 aliphatic carbocycles. The van der Waals surface area contributed by atoms with Crippen molar-refractivity contribution in [3.8, 4) is 0 Å². The highest BCUT2D eigenvalue weighted by atomic mass is 79.9. The van der Waals surface area contributed by atoms with Gasteiger partial charge in [-0.1, -0.05) is 44.9 Å². The molecule has 0 aromatic rings. The van der Waals surface area contributed by atoms with Gasteiger partial charge in [-0.15, -0.1) is 5.73 Å². The first-order chi connectivity index (χ1) is 4.81. The van der Waals surface area contributed by atoms with Crippen molar-refractivity contribution in [2.75, 3.05) is 5.33 Å². The second kappa shape index (κ2) is 7.59. The minimum absolute atomic E-state index is 0.462. The van der Waals surface area contributed by atoms with E-state index < -0.39 is 0 Å². The van der Waals surface area contributed by atoms with Gasteiger partial charge in [0.05, 0.1) is 0 Å². The Bertz CT molecular complexity index is 114. The lowest BCUT2D eigenvalue weighted by Crippen LogP contribution is -1.91. The van der Waals surface area contributed by atoms with Crippen molar-refractivity contribution in [3.05, 3.63) is 18.4 Å². The fraction of sp³-hybridized carbons (Fsp3) is 0.625. The Labute approximate surface area is 79.6 Å². The quantitative estimate of drug-likeness (QED) is 0.405. The van der Waals surface area contributed by atoms with E-state index >= 15 is 0 Å². The van der Waals surface area contributed by atoms with E-state index in [0.717, 1.165) is 5.33 Å². The van der Waals surface area contributed by atoms with Crippen LogP contribution in [0.1, 0.15) is 19.3 Å². The van der Waals surface area contributed by atoms with E-state index in [0.29, 0.717) is 4.83 Å². The summed E-state index contributed by atoms with van der Waals surface area (Å²) in [5.41, 5.74) is 2.76. The van der Waals surface area contributed by atoms with Crippen molar-refractivity contribution in [3.63, 3.8) is 0 Å². The molecule has 0 bridgehead atoms. The van der Waals surface area contributed by atoms with Crippen LogP contribution in [0.2, 0.25) is 0 Å². The molecule has 58 valence electrons. The highest BCUT2D eigenvalue weighted by Gasteiger charge is 1.96. The number of halogens is 2. The van der Waals surface area contributed by atoms with Crippen LogP contribution in [0.3, 0.4) is 0 Å². The van der Waals surface area contributed by atoms with Crippen molar-refractivity contribution in [1.29, 1.82) is 0 Å². The smallest absolute Gasteiger partial charge is 0.0399 e. The molecule has 0 rings (SSSR count). The molecule has 10 heavy (non-hydrogen) atoms. The Morgan fingerprint density at radius 1 is 1.50 bits per heavy atom. The molecule has 1 atom stereocenters. The summed E-state index contributed by atoms with van der Waals surface area (Å²) in [4.78, 5) is 0.462. The molecular weight excluding hydrogens is 256 g/mol. The molecule has 0 radical (unpaired) electrons. The van der Waals surface area contributed by atoms with Crippen LogP contribution in [-0.4, -0.2) is 10.2 Å². The van der Waals surface area contributed by atoms with Crippen LogP contribution in [0.25, 0.3) is 0 Å². The van der Waals surface area contributed by atoms with Crippen LogP contribution in [0.5, 0.6) is 0 Å². The minimum atomic E-state index is 0.462. The monoisotopic (exact) mass is 266 g/mol. The van der Waals surface area contributed by atoms with E-state index in [1.54, 1.807) is 0 Å². The summed E-state index contributed by atoms with van der Waals surface area (Å²) in [6.45, 7) is 3.51. The summed E-state index contributed by atoms with van der Waals surface area (Å²) in [6, 6.07) is 0. The average Bonchev–Trinajstić information content (AvgIpc) is 1.89. The Kier molecular flexibility index (Phi) is 7.95. The predicted octanol–water partition coefficient (Wildman–Crippen LogP) is 3.66. The Morgan fingerprint density at radius 3 is 2.70 bits per heavy atom. The third-order valence-electron chi connectivity index (χ3n) is 1.16.